The van der Waals surface area contributed by atoms with E-state index >= 15 is 0 Å². The Balaban J connectivity index is 2.07. The van der Waals surface area contributed by atoms with E-state index in [2.05, 4.69) is 11.9 Å². The van der Waals surface area contributed by atoms with Crippen molar-refractivity contribution < 1.29 is 4.74 Å². The van der Waals surface area contributed by atoms with Crippen LogP contribution in [0.1, 0.15) is 32.6 Å². The molecule has 2 atom stereocenters. The Hall–Kier alpha value is -0.960. The van der Waals surface area contributed by atoms with E-state index < -0.39 is 0 Å². The molecule has 0 bridgehead atoms. The van der Waals surface area contributed by atoms with Crippen molar-refractivity contribution in [1.82, 2.24) is 4.98 Å². The molecule has 2 rings (SSSR count). The lowest BCUT2D eigenvalue weighted by Crippen LogP contribution is -2.28. The molecule has 2 unspecified atom stereocenters. The highest BCUT2D eigenvalue weighted by Gasteiger charge is 2.23. The molecule has 88 valence electrons. The number of ether oxygens (including phenoxy) is 1. The van der Waals surface area contributed by atoms with Gasteiger partial charge in [-0.2, -0.15) is 0 Å². The van der Waals surface area contributed by atoms with E-state index in [-0.39, 0.29) is 6.10 Å². The number of hydrogen-bond donors (Lipinski definition) is 1. The molecule has 4 heteroatoms. The summed E-state index contributed by atoms with van der Waals surface area (Å²) in [4.78, 5) is 4.13. The molecule has 0 spiro atoms. The summed E-state index contributed by atoms with van der Waals surface area (Å²) in [5.74, 6) is 1.08. The number of pyridine rings is 1. The van der Waals surface area contributed by atoms with Crippen LogP contribution in [0.3, 0.4) is 0 Å². The van der Waals surface area contributed by atoms with Gasteiger partial charge >= 0.3 is 0 Å². The fourth-order valence-electron chi connectivity index (χ4n) is 2.13. The molecule has 1 aromatic heterocycles. The maximum atomic E-state index is 6.03. The third kappa shape index (κ3) is 2.59. The normalized spacial score (nSPS) is 25.4. The number of aromatic nitrogens is 1. The summed E-state index contributed by atoms with van der Waals surface area (Å²) in [5, 5.41) is 0.498. The first-order chi connectivity index (χ1) is 7.66. The first kappa shape index (κ1) is 11.5. The zero-order valence-corrected chi connectivity index (χ0v) is 10.2. The summed E-state index contributed by atoms with van der Waals surface area (Å²) in [5.41, 5.74) is 6.15. The van der Waals surface area contributed by atoms with Crippen molar-refractivity contribution in [2.75, 3.05) is 5.73 Å². The highest BCUT2D eigenvalue weighted by Crippen LogP contribution is 2.30. The lowest BCUT2D eigenvalue weighted by molar-refractivity contribution is 0.0977. The van der Waals surface area contributed by atoms with Crippen LogP contribution in [-0.4, -0.2) is 11.1 Å². The highest BCUT2D eigenvalue weighted by molar-refractivity contribution is 6.32. The molecule has 0 aliphatic heterocycles. The molecule has 3 nitrogen and oxygen atoms in total. The summed E-state index contributed by atoms with van der Waals surface area (Å²) in [6, 6.07) is 1.68. The van der Waals surface area contributed by atoms with E-state index in [4.69, 9.17) is 22.1 Å². The van der Waals surface area contributed by atoms with E-state index in [1.807, 2.05) is 0 Å². The van der Waals surface area contributed by atoms with Crippen molar-refractivity contribution in [3.63, 3.8) is 0 Å². The van der Waals surface area contributed by atoms with Crippen LogP contribution in [0.5, 0.6) is 5.88 Å². The first-order valence-corrected chi connectivity index (χ1v) is 6.12. The van der Waals surface area contributed by atoms with E-state index in [1.165, 1.54) is 19.3 Å². The molecule has 16 heavy (non-hydrogen) atoms. The van der Waals surface area contributed by atoms with Crippen LogP contribution in [0.4, 0.5) is 5.69 Å². The minimum Gasteiger partial charge on any atom is -0.473 e. The third-order valence-corrected chi connectivity index (χ3v) is 3.40. The van der Waals surface area contributed by atoms with Crippen molar-refractivity contribution in [3.8, 4) is 5.88 Å². The SMILES string of the molecule is CC1CCCCC1Oc1ncc(N)cc1Cl. The third-order valence-electron chi connectivity index (χ3n) is 3.12. The smallest absolute Gasteiger partial charge is 0.232 e. The summed E-state index contributed by atoms with van der Waals surface area (Å²) >= 11 is 6.03. The van der Waals surface area contributed by atoms with Gasteiger partial charge in [0.15, 0.2) is 0 Å². The van der Waals surface area contributed by atoms with E-state index in [0.717, 1.165) is 6.42 Å². The molecule has 1 fully saturated rings. The number of rotatable bonds is 2. The zero-order valence-electron chi connectivity index (χ0n) is 9.45. The Bertz CT molecular complexity index is 370. The predicted octanol–water partition coefficient (Wildman–Crippen LogP) is 3.27. The highest BCUT2D eigenvalue weighted by atomic mass is 35.5. The van der Waals surface area contributed by atoms with Gasteiger partial charge in [-0.15, -0.1) is 0 Å². The lowest BCUT2D eigenvalue weighted by Gasteiger charge is -2.29. The number of hydrogen-bond acceptors (Lipinski definition) is 3. The number of halogens is 1. The van der Waals surface area contributed by atoms with Gasteiger partial charge in [-0.05, 0) is 31.2 Å². The summed E-state index contributed by atoms with van der Waals surface area (Å²) in [6.45, 7) is 2.22. The van der Waals surface area contributed by atoms with Gasteiger partial charge in [0, 0.05) is 0 Å². The second-order valence-electron chi connectivity index (χ2n) is 4.47. The topological polar surface area (TPSA) is 48.1 Å². The van der Waals surface area contributed by atoms with Crippen molar-refractivity contribution >= 4 is 17.3 Å². The van der Waals surface area contributed by atoms with Gasteiger partial charge in [0.05, 0.1) is 11.9 Å². The van der Waals surface area contributed by atoms with Crippen LogP contribution in [-0.2, 0) is 0 Å². The molecule has 0 radical (unpaired) electrons. The number of anilines is 1. The van der Waals surface area contributed by atoms with Gasteiger partial charge in [0.1, 0.15) is 11.1 Å². The van der Waals surface area contributed by atoms with Crippen LogP contribution < -0.4 is 10.5 Å². The molecule has 0 saturated heterocycles. The van der Waals surface area contributed by atoms with Crippen molar-refractivity contribution in [1.29, 1.82) is 0 Å². The van der Waals surface area contributed by atoms with Crippen molar-refractivity contribution in [3.05, 3.63) is 17.3 Å². The lowest BCUT2D eigenvalue weighted by atomic mass is 9.88. The molecule has 1 heterocycles. The molecule has 0 amide bonds. The Kier molecular flexibility index (Phi) is 3.54. The molecule has 1 aliphatic rings. The monoisotopic (exact) mass is 240 g/mol. The Morgan fingerprint density at radius 1 is 1.44 bits per heavy atom. The van der Waals surface area contributed by atoms with E-state index in [1.54, 1.807) is 12.3 Å². The standard InChI is InChI=1S/C12H17ClN2O/c1-8-4-2-3-5-11(8)16-12-10(13)6-9(14)7-15-12/h6-8,11H,2-5,14H2,1H3. The van der Waals surface area contributed by atoms with Crippen LogP contribution in [0.15, 0.2) is 12.3 Å². The summed E-state index contributed by atoms with van der Waals surface area (Å²) in [7, 11) is 0. The van der Waals surface area contributed by atoms with Crippen LogP contribution in [0, 0.1) is 5.92 Å². The fraction of sp³-hybridized carbons (Fsp3) is 0.583. The van der Waals surface area contributed by atoms with Crippen LogP contribution in [0.25, 0.3) is 0 Å². The van der Waals surface area contributed by atoms with Gasteiger partial charge in [-0.3, -0.25) is 0 Å². The van der Waals surface area contributed by atoms with Crippen LogP contribution >= 0.6 is 11.6 Å². The number of nitrogen functional groups attached to an aromatic ring is 1. The van der Waals surface area contributed by atoms with Gasteiger partial charge < -0.3 is 10.5 Å². The average Bonchev–Trinajstić information content (AvgIpc) is 2.25. The largest absolute Gasteiger partial charge is 0.473 e. The first-order valence-electron chi connectivity index (χ1n) is 5.74. The number of nitrogens with zero attached hydrogens (tertiary/aromatic N) is 1. The second kappa shape index (κ2) is 4.91. The van der Waals surface area contributed by atoms with E-state index in [9.17, 15) is 0 Å². The summed E-state index contributed by atoms with van der Waals surface area (Å²) in [6.07, 6.45) is 6.64. The molecular weight excluding hydrogens is 224 g/mol. The maximum absolute atomic E-state index is 6.03. The molecule has 2 N–H and O–H groups in total. The quantitative estimate of drug-likeness (QED) is 0.863. The van der Waals surface area contributed by atoms with Crippen LogP contribution in [0.2, 0.25) is 5.02 Å². The van der Waals surface area contributed by atoms with Crippen molar-refractivity contribution in [2.45, 2.75) is 38.7 Å². The average molecular weight is 241 g/mol. The minimum absolute atomic E-state index is 0.238. The Morgan fingerprint density at radius 3 is 2.88 bits per heavy atom. The van der Waals surface area contributed by atoms with E-state index in [0.29, 0.717) is 22.5 Å². The fourth-order valence-corrected chi connectivity index (χ4v) is 2.35. The van der Waals surface area contributed by atoms with Gasteiger partial charge in [0.25, 0.3) is 0 Å². The Labute approximate surface area is 101 Å². The minimum atomic E-state index is 0.238. The summed E-state index contributed by atoms with van der Waals surface area (Å²) < 4.78 is 5.85. The molecule has 1 aliphatic carbocycles. The second-order valence-corrected chi connectivity index (χ2v) is 4.88. The Morgan fingerprint density at radius 2 is 2.19 bits per heavy atom. The van der Waals surface area contributed by atoms with Gasteiger partial charge in [-0.1, -0.05) is 24.9 Å². The molecule has 1 aromatic rings. The van der Waals surface area contributed by atoms with Gasteiger partial charge in [-0.25, -0.2) is 4.98 Å². The number of nitrogens with two attached hydrogens (primary N) is 1. The predicted molar refractivity (Wildman–Crippen MR) is 65.7 cm³/mol. The van der Waals surface area contributed by atoms with Crippen molar-refractivity contribution in [2.24, 2.45) is 5.92 Å². The van der Waals surface area contributed by atoms with Gasteiger partial charge in [0.2, 0.25) is 5.88 Å². The zero-order chi connectivity index (χ0) is 11.5. The maximum Gasteiger partial charge on any atom is 0.232 e. The molecule has 1 saturated carbocycles. The molecular formula is C12H17ClN2O. The molecule has 0 aromatic carbocycles.